The maximum Gasteiger partial charge on any atom is 0.239 e. The van der Waals surface area contributed by atoms with Crippen molar-refractivity contribution in [3.63, 3.8) is 0 Å². The van der Waals surface area contributed by atoms with Crippen molar-refractivity contribution in [3.05, 3.63) is 11.9 Å². The molecule has 0 unspecified atom stereocenters. The molecule has 19 heavy (non-hydrogen) atoms. The molecule has 0 aliphatic heterocycles. The Morgan fingerprint density at radius 1 is 1.32 bits per heavy atom. The van der Waals surface area contributed by atoms with Crippen LogP contribution in [-0.4, -0.2) is 43.1 Å². The first kappa shape index (κ1) is 15.2. The Morgan fingerprint density at radius 3 is 2.58 bits per heavy atom. The number of carbonyl (C=O) groups excluding carboxylic acids is 1. The van der Waals surface area contributed by atoms with Crippen molar-refractivity contribution in [3.8, 4) is 0 Å². The molecule has 2 N–H and O–H groups in total. The second-order valence-corrected chi connectivity index (χ2v) is 4.22. The van der Waals surface area contributed by atoms with Gasteiger partial charge in [0.15, 0.2) is 0 Å². The van der Waals surface area contributed by atoms with Crippen molar-refractivity contribution in [2.24, 2.45) is 0 Å². The summed E-state index contributed by atoms with van der Waals surface area (Å²) in [7, 11) is 3.49. The monoisotopic (exact) mass is 265 g/mol. The lowest BCUT2D eigenvalue weighted by atomic mass is 10.2. The zero-order valence-corrected chi connectivity index (χ0v) is 12.2. The standard InChI is InChI=1S/C13H23N5O/c1-5-7-18(8-11(19)14-3)13-10(6-2)12(15-4)16-9-17-13/h9H,5-8H2,1-4H3,(H,14,19)(H,15,16,17). The van der Waals surface area contributed by atoms with E-state index in [0.29, 0.717) is 6.54 Å². The molecule has 0 bridgehead atoms. The summed E-state index contributed by atoms with van der Waals surface area (Å²) in [6, 6.07) is 0. The second-order valence-electron chi connectivity index (χ2n) is 4.22. The van der Waals surface area contributed by atoms with Crippen molar-refractivity contribution in [1.29, 1.82) is 0 Å². The number of likely N-dealkylation sites (N-methyl/N-ethyl adjacent to an activating group) is 1. The summed E-state index contributed by atoms with van der Waals surface area (Å²) in [6.07, 6.45) is 3.31. The summed E-state index contributed by atoms with van der Waals surface area (Å²) in [6.45, 7) is 5.26. The summed E-state index contributed by atoms with van der Waals surface area (Å²) < 4.78 is 0. The Kier molecular flexibility index (Phi) is 6.05. The maximum atomic E-state index is 11.6. The van der Waals surface area contributed by atoms with Crippen LogP contribution in [0.2, 0.25) is 0 Å². The van der Waals surface area contributed by atoms with Crippen molar-refractivity contribution in [1.82, 2.24) is 15.3 Å². The molecular formula is C13H23N5O. The van der Waals surface area contributed by atoms with Gasteiger partial charge in [0.25, 0.3) is 0 Å². The second kappa shape index (κ2) is 7.56. The topological polar surface area (TPSA) is 70.2 Å². The van der Waals surface area contributed by atoms with Crippen LogP contribution < -0.4 is 15.5 Å². The van der Waals surface area contributed by atoms with E-state index in [1.807, 2.05) is 11.9 Å². The fourth-order valence-corrected chi connectivity index (χ4v) is 2.00. The van der Waals surface area contributed by atoms with Crippen LogP contribution in [0.15, 0.2) is 6.33 Å². The summed E-state index contributed by atoms with van der Waals surface area (Å²) in [4.78, 5) is 22.2. The number of amides is 1. The highest BCUT2D eigenvalue weighted by Crippen LogP contribution is 2.23. The molecule has 0 aliphatic carbocycles. The number of carbonyl (C=O) groups is 1. The summed E-state index contributed by atoms with van der Waals surface area (Å²) in [5.74, 6) is 1.65. The SMILES string of the molecule is CCCN(CC(=O)NC)c1ncnc(NC)c1CC. The summed E-state index contributed by atoms with van der Waals surface area (Å²) in [5, 5.41) is 5.72. The van der Waals surface area contributed by atoms with E-state index < -0.39 is 0 Å². The van der Waals surface area contributed by atoms with Crippen molar-refractivity contribution < 1.29 is 4.79 Å². The number of hydrogen-bond donors (Lipinski definition) is 2. The van der Waals surface area contributed by atoms with Gasteiger partial charge in [0.05, 0.1) is 6.54 Å². The Balaban J connectivity index is 3.10. The lowest BCUT2D eigenvalue weighted by Crippen LogP contribution is -2.37. The molecule has 0 saturated carbocycles. The first-order valence-corrected chi connectivity index (χ1v) is 6.65. The molecule has 0 fully saturated rings. The Morgan fingerprint density at radius 2 is 2.05 bits per heavy atom. The zero-order valence-electron chi connectivity index (χ0n) is 12.2. The smallest absolute Gasteiger partial charge is 0.239 e. The van der Waals surface area contributed by atoms with Gasteiger partial charge in [0.2, 0.25) is 5.91 Å². The molecular weight excluding hydrogens is 242 g/mol. The summed E-state index contributed by atoms with van der Waals surface area (Å²) in [5.41, 5.74) is 1.04. The van der Waals surface area contributed by atoms with E-state index >= 15 is 0 Å². The van der Waals surface area contributed by atoms with Crippen LogP contribution in [0.25, 0.3) is 0 Å². The molecule has 1 aromatic rings. The van der Waals surface area contributed by atoms with Gasteiger partial charge in [-0.2, -0.15) is 0 Å². The third-order valence-corrected chi connectivity index (χ3v) is 2.92. The Hall–Kier alpha value is -1.85. The highest BCUT2D eigenvalue weighted by molar-refractivity contribution is 5.81. The fourth-order valence-electron chi connectivity index (χ4n) is 2.00. The number of anilines is 2. The minimum Gasteiger partial charge on any atom is -0.373 e. The predicted octanol–water partition coefficient (Wildman–Crippen LogP) is 1.04. The normalized spacial score (nSPS) is 10.1. The van der Waals surface area contributed by atoms with Crippen LogP contribution >= 0.6 is 0 Å². The molecule has 6 nitrogen and oxygen atoms in total. The highest BCUT2D eigenvalue weighted by atomic mass is 16.1. The van der Waals surface area contributed by atoms with Crippen LogP contribution in [0.4, 0.5) is 11.6 Å². The van der Waals surface area contributed by atoms with Crippen LogP contribution in [0.3, 0.4) is 0 Å². The van der Waals surface area contributed by atoms with Crippen molar-refractivity contribution in [2.45, 2.75) is 26.7 Å². The fraction of sp³-hybridized carbons (Fsp3) is 0.615. The van der Waals surface area contributed by atoms with E-state index in [-0.39, 0.29) is 5.91 Å². The van der Waals surface area contributed by atoms with Gasteiger partial charge in [-0.25, -0.2) is 9.97 Å². The minimum atomic E-state index is -0.0138. The van der Waals surface area contributed by atoms with E-state index in [9.17, 15) is 4.79 Å². The molecule has 106 valence electrons. The molecule has 0 spiro atoms. The van der Waals surface area contributed by atoms with Gasteiger partial charge in [0, 0.05) is 26.2 Å². The molecule has 1 aromatic heterocycles. The highest BCUT2D eigenvalue weighted by Gasteiger charge is 2.17. The van der Waals surface area contributed by atoms with Crippen LogP contribution in [0, 0.1) is 0 Å². The third-order valence-electron chi connectivity index (χ3n) is 2.92. The number of nitrogens with zero attached hydrogens (tertiary/aromatic N) is 3. The molecule has 1 heterocycles. The molecule has 0 radical (unpaired) electrons. The van der Waals surface area contributed by atoms with E-state index in [2.05, 4.69) is 34.4 Å². The third kappa shape index (κ3) is 3.81. The van der Waals surface area contributed by atoms with Gasteiger partial charge in [0.1, 0.15) is 18.0 Å². The van der Waals surface area contributed by atoms with Crippen LogP contribution in [-0.2, 0) is 11.2 Å². The first-order valence-electron chi connectivity index (χ1n) is 6.65. The lowest BCUT2D eigenvalue weighted by Gasteiger charge is -2.25. The number of nitrogens with one attached hydrogen (secondary N) is 2. The Bertz CT molecular complexity index is 421. The number of aromatic nitrogens is 2. The number of hydrogen-bond acceptors (Lipinski definition) is 5. The van der Waals surface area contributed by atoms with Crippen molar-refractivity contribution in [2.75, 3.05) is 37.4 Å². The average molecular weight is 265 g/mol. The largest absolute Gasteiger partial charge is 0.373 e. The molecule has 0 aromatic carbocycles. The van der Waals surface area contributed by atoms with Gasteiger partial charge in [-0.05, 0) is 12.8 Å². The van der Waals surface area contributed by atoms with Gasteiger partial charge in [-0.15, -0.1) is 0 Å². The van der Waals surface area contributed by atoms with Crippen molar-refractivity contribution >= 4 is 17.5 Å². The van der Waals surface area contributed by atoms with E-state index in [0.717, 1.165) is 36.6 Å². The van der Waals surface area contributed by atoms with E-state index in [4.69, 9.17) is 0 Å². The van der Waals surface area contributed by atoms with Crippen LogP contribution in [0.5, 0.6) is 0 Å². The van der Waals surface area contributed by atoms with E-state index in [1.165, 1.54) is 6.33 Å². The van der Waals surface area contributed by atoms with E-state index in [1.54, 1.807) is 7.05 Å². The Labute approximate surface area is 114 Å². The van der Waals surface area contributed by atoms with Gasteiger partial charge in [-0.3, -0.25) is 4.79 Å². The quantitative estimate of drug-likeness (QED) is 0.771. The zero-order chi connectivity index (χ0) is 14.3. The summed E-state index contributed by atoms with van der Waals surface area (Å²) >= 11 is 0. The lowest BCUT2D eigenvalue weighted by molar-refractivity contribution is -0.119. The maximum absolute atomic E-state index is 11.6. The first-order chi connectivity index (χ1) is 9.17. The van der Waals surface area contributed by atoms with Gasteiger partial charge >= 0.3 is 0 Å². The number of rotatable bonds is 7. The van der Waals surface area contributed by atoms with Crippen LogP contribution in [0.1, 0.15) is 25.8 Å². The molecule has 6 heteroatoms. The molecule has 0 aliphatic rings. The van der Waals surface area contributed by atoms with Gasteiger partial charge in [-0.1, -0.05) is 13.8 Å². The predicted molar refractivity (Wildman–Crippen MR) is 77.5 cm³/mol. The average Bonchev–Trinajstić information content (AvgIpc) is 2.45. The molecule has 0 atom stereocenters. The van der Waals surface area contributed by atoms with Gasteiger partial charge < -0.3 is 15.5 Å². The molecule has 1 amide bonds. The molecule has 0 saturated heterocycles. The minimum absolute atomic E-state index is 0.0138. The molecule has 1 rings (SSSR count).